The van der Waals surface area contributed by atoms with Crippen molar-refractivity contribution in [3.8, 4) is 0 Å². The molecule has 2 atom stereocenters. The van der Waals surface area contributed by atoms with Crippen LogP contribution in [-0.4, -0.2) is 29.4 Å². The standard InChI is InChI=1S/C23H48O4S.K/c1-3-5-7-9-11-16-20-23(28(25,26)27)21-17-13-12-15-19-22(24)18-14-10-8-6-4-2;/h22-24H,3-21H2,1-2H3,(H,25,26,27);/q;+1/p-1. The van der Waals surface area contributed by atoms with E-state index in [1.165, 1.54) is 44.9 Å². The maximum Gasteiger partial charge on any atom is 1.00 e. The zero-order valence-corrected chi connectivity index (χ0v) is 23.6. The molecule has 0 amide bonds. The van der Waals surface area contributed by atoms with Crippen molar-refractivity contribution in [2.45, 2.75) is 147 Å². The van der Waals surface area contributed by atoms with Crippen LogP contribution in [0.3, 0.4) is 0 Å². The van der Waals surface area contributed by atoms with E-state index in [1.54, 1.807) is 0 Å². The largest absolute Gasteiger partial charge is 1.00 e. The molecule has 170 valence electrons. The molecule has 0 aliphatic carbocycles. The van der Waals surface area contributed by atoms with Crippen LogP contribution in [0.2, 0.25) is 0 Å². The van der Waals surface area contributed by atoms with Crippen molar-refractivity contribution >= 4 is 10.1 Å². The van der Waals surface area contributed by atoms with Crippen molar-refractivity contribution in [2.24, 2.45) is 0 Å². The quantitative estimate of drug-likeness (QED) is 0.162. The van der Waals surface area contributed by atoms with Crippen LogP contribution in [-0.2, 0) is 10.1 Å². The summed E-state index contributed by atoms with van der Waals surface area (Å²) < 4.78 is 34.5. The van der Waals surface area contributed by atoms with Crippen LogP contribution < -0.4 is 51.4 Å². The molecule has 0 aromatic heterocycles. The van der Waals surface area contributed by atoms with Crippen LogP contribution in [0.25, 0.3) is 0 Å². The van der Waals surface area contributed by atoms with Crippen molar-refractivity contribution < 1.29 is 69.5 Å². The Hall–Kier alpha value is 1.51. The molecular formula is C23H47KO4S. The fourth-order valence-electron chi connectivity index (χ4n) is 3.82. The van der Waals surface area contributed by atoms with E-state index in [1.807, 2.05) is 0 Å². The van der Waals surface area contributed by atoms with E-state index in [4.69, 9.17) is 0 Å². The van der Waals surface area contributed by atoms with E-state index < -0.39 is 15.4 Å². The molecule has 6 heteroatoms. The minimum absolute atomic E-state index is 0. The van der Waals surface area contributed by atoms with E-state index in [-0.39, 0.29) is 57.5 Å². The third-order valence-electron chi connectivity index (χ3n) is 5.74. The molecule has 0 aromatic rings. The summed E-state index contributed by atoms with van der Waals surface area (Å²) in [5.74, 6) is 0. The summed E-state index contributed by atoms with van der Waals surface area (Å²) in [6.07, 6.45) is 19.1. The smallest absolute Gasteiger partial charge is 0.748 e. The van der Waals surface area contributed by atoms with Gasteiger partial charge in [0.25, 0.3) is 0 Å². The Labute approximate surface area is 224 Å². The molecule has 0 bridgehead atoms. The molecule has 4 nitrogen and oxygen atoms in total. The van der Waals surface area contributed by atoms with Crippen molar-refractivity contribution in [1.29, 1.82) is 0 Å². The first-order chi connectivity index (χ1) is 13.4. The first-order valence-electron chi connectivity index (χ1n) is 12.0. The van der Waals surface area contributed by atoms with E-state index >= 15 is 0 Å². The molecule has 2 unspecified atom stereocenters. The molecule has 0 aliphatic rings. The first kappa shape index (κ1) is 32.7. The molecule has 0 radical (unpaired) electrons. The molecule has 0 aliphatic heterocycles. The van der Waals surface area contributed by atoms with Gasteiger partial charge < -0.3 is 9.66 Å². The summed E-state index contributed by atoms with van der Waals surface area (Å²) >= 11 is 0. The molecule has 0 aromatic carbocycles. The summed E-state index contributed by atoms with van der Waals surface area (Å²) in [6, 6.07) is 0. The van der Waals surface area contributed by atoms with E-state index in [2.05, 4.69) is 13.8 Å². The summed E-state index contributed by atoms with van der Waals surface area (Å²) in [7, 11) is -4.18. The average Bonchev–Trinajstić information content (AvgIpc) is 2.64. The summed E-state index contributed by atoms with van der Waals surface area (Å²) in [5, 5.41) is 9.31. The Bertz CT molecular complexity index is 429. The molecule has 29 heavy (non-hydrogen) atoms. The normalized spacial score (nSPS) is 13.8. The molecule has 0 saturated carbocycles. The van der Waals surface area contributed by atoms with Gasteiger partial charge in [0, 0.05) is 5.25 Å². The zero-order chi connectivity index (χ0) is 21.1. The van der Waals surface area contributed by atoms with Gasteiger partial charge in [-0.2, -0.15) is 0 Å². The second-order valence-electron chi connectivity index (χ2n) is 8.52. The Morgan fingerprint density at radius 1 is 0.621 bits per heavy atom. The van der Waals surface area contributed by atoms with Crippen LogP contribution in [0, 0.1) is 0 Å². The van der Waals surface area contributed by atoms with Gasteiger partial charge >= 0.3 is 51.4 Å². The van der Waals surface area contributed by atoms with Gasteiger partial charge in [0.2, 0.25) is 0 Å². The van der Waals surface area contributed by atoms with Gasteiger partial charge in [0.05, 0.1) is 16.2 Å². The molecule has 0 heterocycles. The number of aliphatic hydroxyl groups is 1. The van der Waals surface area contributed by atoms with Gasteiger partial charge in [-0.1, -0.05) is 110 Å². The summed E-state index contributed by atoms with van der Waals surface area (Å²) in [4.78, 5) is 0. The van der Waals surface area contributed by atoms with Gasteiger partial charge in [0.1, 0.15) is 0 Å². The number of unbranched alkanes of at least 4 members (excludes halogenated alkanes) is 12. The fraction of sp³-hybridized carbons (Fsp3) is 1.00. The first-order valence-corrected chi connectivity index (χ1v) is 13.5. The van der Waals surface area contributed by atoms with Gasteiger partial charge in [-0.15, -0.1) is 0 Å². The van der Waals surface area contributed by atoms with Crippen LogP contribution in [0.15, 0.2) is 0 Å². The third kappa shape index (κ3) is 22.5. The molecule has 0 rings (SSSR count). The fourth-order valence-corrected chi connectivity index (χ4v) is 4.73. The van der Waals surface area contributed by atoms with E-state index in [0.29, 0.717) is 12.8 Å². The SMILES string of the molecule is CCCCCCCCC(CCCCCCC(O)CCCCCCC)S(=O)(=O)[O-].[K+]. The number of rotatable bonds is 21. The van der Waals surface area contributed by atoms with Gasteiger partial charge in [-0.05, 0) is 25.7 Å². The van der Waals surface area contributed by atoms with E-state index in [0.717, 1.165) is 64.2 Å². The molecule has 0 fully saturated rings. The molecule has 0 saturated heterocycles. The Morgan fingerprint density at radius 2 is 0.931 bits per heavy atom. The van der Waals surface area contributed by atoms with Gasteiger partial charge in [0.15, 0.2) is 0 Å². The molecule has 0 spiro atoms. The Morgan fingerprint density at radius 3 is 1.28 bits per heavy atom. The monoisotopic (exact) mass is 458 g/mol. The summed E-state index contributed by atoms with van der Waals surface area (Å²) in [5.41, 5.74) is 0. The van der Waals surface area contributed by atoms with E-state index in [9.17, 15) is 18.1 Å². The van der Waals surface area contributed by atoms with Gasteiger partial charge in [-0.25, -0.2) is 8.42 Å². The van der Waals surface area contributed by atoms with Crippen LogP contribution in [0.5, 0.6) is 0 Å². The van der Waals surface area contributed by atoms with Crippen molar-refractivity contribution in [3.63, 3.8) is 0 Å². The summed E-state index contributed by atoms with van der Waals surface area (Å²) in [6.45, 7) is 4.38. The van der Waals surface area contributed by atoms with Crippen LogP contribution >= 0.6 is 0 Å². The number of hydrogen-bond acceptors (Lipinski definition) is 4. The van der Waals surface area contributed by atoms with Gasteiger partial charge in [-0.3, -0.25) is 0 Å². The molecule has 1 N–H and O–H groups in total. The Kier molecular flexibility index (Phi) is 25.6. The zero-order valence-electron chi connectivity index (χ0n) is 19.7. The predicted octanol–water partition coefficient (Wildman–Crippen LogP) is 3.72. The minimum Gasteiger partial charge on any atom is -0.748 e. The second kappa shape index (κ2) is 22.7. The average molecular weight is 459 g/mol. The van der Waals surface area contributed by atoms with Crippen molar-refractivity contribution in [3.05, 3.63) is 0 Å². The third-order valence-corrected chi connectivity index (χ3v) is 7.03. The number of hydrogen-bond donors (Lipinski definition) is 1. The number of aliphatic hydroxyl groups excluding tert-OH is 1. The topological polar surface area (TPSA) is 77.4 Å². The predicted molar refractivity (Wildman–Crippen MR) is 119 cm³/mol. The second-order valence-corrected chi connectivity index (χ2v) is 10.2. The van der Waals surface area contributed by atoms with Crippen molar-refractivity contribution in [2.75, 3.05) is 0 Å². The minimum atomic E-state index is -4.18. The Balaban J connectivity index is 0. The van der Waals surface area contributed by atoms with Crippen molar-refractivity contribution in [1.82, 2.24) is 0 Å². The van der Waals surface area contributed by atoms with Crippen LogP contribution in [0.4, 0.5) is 0 Å². The maximum atomic E-state index is 11.5. The maximum absolute atomic E-state index is 11.5. The molecular weight excluding hydrogens is 411 g/mol. The van der Waals surface area contributed by atoms with Crippen LogP contribution in [0.1, 0.15) is 136 Å².